The lowest BCUT2D eigenvalue weighted by Crippen LogP contribution is -2.64. The smallest absolute Gasteiger partial charge is 0.0163 e. The van der Waals surface area contributed by atoms with Gasteiger partial charge >= 0.3 is 0 Å². The molecule has 0 aliphatic heterocycles. The Morgan fingerprint density at radius 2 is 0.529 bits per heavy atom. The molecule has 0 saturated heterocycles. The van der Waals surface area contributed by atoms with Gasteiger partial charge in [-0.1, -0.05) is 136 Å². The van der Waals surface area contributed by atoms with Crippen LogP contribution < -0.4 is 0 Å². The van der Waals surface area contributed by atoms with Crippen LogP contribution in [0.1, 0.15) is 197 Å². The summed E-state index contributed by atoms with van der Waals surface area (Å²) < 4.78 is 0. The lowest BCUT2D eigenvalue weighted by Gasteiger charge is -2.57. The normalized spacial score (nSPS) is 13.2. The predicted molar refractivity (Wildman–Crippen MR) is 158 cm³/mol. The van der Waals surface area contributed by atoms with Gasteiger partial charge in [0.25, 0.3) is 0 Å². The molecular formula is C33H69N. The van der Waals surface area contributed by atoms with E-state index in [9.17, 15) is 0 Å². The maximum absolute atomic E-state index is 3.00. The van der Waals surface area contributed by atoms with Crippen LogP contribution in [-0.4, -0.2) is 21.5 Å². The van der Waals surface area contributed by atoms with E-state index in [4.69, 9.17) is 0 Å². The Bertz CT molecular complexity index is 381. The van der Waals surface area contributed by atoms with E-state index in [0.29, 0.717) is 0 Å². The zero-order valence-corrected chi connectivity index (χ0v) is 25.8. The van der Waals surface area contributed by atoms with E-state index in [1.807, 2.05) is 0 Å². The van der Waals surface area contributed by atoms with E-state index in [0.717, 1.165) is 0 Å². The molecule has 0 spiro atoms. The molecule has 1 heteroatoms. The number of hydrogen-bond acceptors (Lipinski definition) is 1. The van der Waals surface area contributed by atoms with Crippen LogP contribution in [0, 0.1) is 0 Å². The van der Waals surface area contributed by atoms with Crippen molar-refractivity contribution in [2.24, 2.45) is 0 Å². The van der Waals surface area contributed by atoms with E-state index in [1.165, 1.54) is 135 Å². The van der Waals surface area contributed by atoms with Crippen molar-refractivity contribution in [1.29, 1.82) is 0 Å². The molecule has 0 radical (unpaired) electrons. The third-order valence-electron chi connectivity index (χ3n) is 8.24. The minimum absolute atomic E-state index is 0.252. The summed E-state index contributed by atoms with van der Waals surface area (Å²) in [4.78, 5) is 3.00. The quantitative estimate of drug-likeness (QED) is 0.124. The Labute approximate surface area is 218 Å². The van der Waals surface area contributed by atoms with Gasteiger partial charge in [0.05, 0.1) is 0 Å². The molecule has 0 fully saturated rings. The van der Waals surface area contributed by atoms with Gasteiger partial charge in [0.2, 0.25) is 0 Å². The molecule has 0 aromatic carbocycles. The van der Waals surface area contributed by atoms with Gasteiger partial charge < -0.3 is 0 Å². The topological polar surface area (TPSA) is 3.24 Å². The predicted octanol–water partition coefficient (Wildman–Crippen LogP) is 11.9. The highest BCUT2D eigenvalue weighted by Crippen LogP contribution is 2.41. The minimum Gasteiger partial charge on any atom is -0.288 e. The molecule has 0 amide bonds. The highest BCUT2D eigenvalue weighted by Gasteiger charge is 2.45. The van der Waals surface area contributed by atoms with Crippen LogP contribution in [0.4, 0.5) is 0 Å². The molecule has 0 bridgehead atoms. The maximum atomic E-state index is 3.00. The fraction of sp³-hybridized carbons (Fsp3) is 1.00. The summed E-state index contributed by atoms with van der Waals surface area (Å²) in [5.41, 5.74) is 0.756. The van der Waals surface area contributed by atoms with Gasteiger partial charge in [0, 0.05) is 16.6 Å². The summed E-state index contributed by atoms with van der Waals surface area (Å²) in [6, 6.07) is 0. The van der Waals surface area contributed by atoms with Gasteiger partial charge in [-0.2, -0.15) is 0 Å². The second-order valence-corrected chi connectivity index (χ2v) is 13.3. The summed E-state index contributed by atoms with van der Waals surface area (Å²) in [7, 11) is 0. The highest BCUT2D eigenvalue weighted by atomic mass is 15.3. The monoisotopic (exact) mass is 480 g/mol. The third kappa shape index (κ3) is 15.2. The molecule has 0 aromatic rings. The van der Waals surface area contributed by atoms with Crippen LogP contribution in [0.5, 0.6) is 0 Å². The van der Waals surface area contributed by atoms with Gasteiger partial charge in [0.15, 0.2) is 0 Å². The Balaban J connectivity index is 5.15. The molecule has 34 heavy (non-hydrogen) atoms. The first-order valence-corrected chi connectivity index (χ1v) is 15.9. The van der Waals surface area contributed by atoms with Crippen LogP contribution in [0.25, 0.3) is 0 Å². The van der Waals surface area contributed by atoms with Gasteiger partial charge in [-0.15, -0.1) is 0 Å². The van der Waals surface area contributed by atoms with Crippen molar-refractivity contribution in [3.63, 3.8) is 0 Å². The first-order valence-electron chi connectivity index (χ1n) is 15.9. The second-order valence-electron chi connectivity index (χ2n) is 13.3. The minimum atomic E-state index is 0.252. The van der Waals surface area contributed by atoms with Crippen LogP contribution in [0.3, 0.4) is 0 Å². The number of unbranched alkanes of at least 4 members (excludes halogenated alkanes) is 15. The first kappa shape index (κ1) is 34.0. The largest absolute Gasteiger partial charge is 0.288 e. The highest BCUT2D eigenvalue weighted by molar-refractivity contribution is 5.00. The molecule has 0 aromatic heterocycles. The van der Waals surface area contributed by atoms with E-state index in [-0.39, 0.29) is 16.6 Å². The summed E-state index contributed by atoms with van der Waals surface area (Å²) in [6.07, 6.45) is 29.2. The maximum Gasteiger partial charge on any atom is 0.0163 e. The zero-order chi connectivity index (χ0) is 25.9. The first-order chi connectivity index (χ1) is 16.0. The van der Waals surface area contributed by atoms with Gasteiger partial charge in [-0.05, 0) is 60.8 Å². The molecule has 0 saturated carbocycles. The van der Waals surface area contributed by atoms with Crippen molar-refractivity contribution >= 4 is 0 Å². The lowest BCUT2D eigenvalue weighted by molar-refractivity contribution is -0.0784. The van der Waals surface area contributed by atoms with Gasteiger partial charge in [-0.25, -0.2) is 0 Å². The SMILES string of the molecule is CCCCCCCCC(C)(C)N(C(C)(C)CCCCCCCC)C(C)(C)CCCCCCCC. The van der Waals surface area contributed by atoms with Crippen LogP contribution in [0.15, 0.2) is 0 Å². The Morgan fingerprint density at radius 1 is 0.324 bits per heavy atom. The molecule has 0 aliphatic carbocycles. The molecule has 0 atom stereocenters. The fourth-order valence-electron chi connectivity index (χ4n) is 6.81. The van der Waals surface area contributed by atoms with E-state index >= 15 is 0 Å². The molecule has 0 unspecified atom stereocenters. The lowest BCUT2D eigenvalue weighted by atomic mass is 9.78. The number of hydrogen-bond donors (Lipinski definition) is 0. The van der Waals surface area contributed by atoms with Crippen molar-refractivity contribution in [2.75, 3.05) is 0 Å². The Hall–Kier alpha value is -0.0400. The molecule has 0 rings (SSSR count). The molecule has 0 N–H and O–H groups in total. The van der Waals surface area contributed by atoms with Crippen molar-refractivity contribution in [3.05, 3.63) is 0 Å². The summed E-state index contributed by atoms with van der Waals surface area (Å²) in [5.74, 6) is 0. The van der Waals surface area contributed by atoms with Crippen LogP contribution in [-0.2, 0) is 0 Å². The Morgan fingerprint density at radius 3 is 0.765 bits per heavy atom. The zero-order valence-electron chi connectivity index (χ0n) is 25.8. The summed E-state index contributed by atoms with van der Waals surface area (Å²) >= 11 is 0. The summed E-state index contributed by atoms with van der Waals surface area (Å²) in [6.45, 7) is 22.3. The average Bonchev–Trinajstić information content (AvgIpc) is 2.74. The number of nitrogens with zero attached hydrogens (tertiary/aromatic N) is 1. The van der Waals surface area contributed by atoms with Crippen molar-refractivity contribution < 1.29 is 0 Å². The number of rotatable bonds is 24. The standard InChI is InChI=1S/C33H69N/c1-10-13-16-19-22-25-28-31(4,5)34(32(6,7)29-26-23-20-17-14-11-2)33(8,9)30-27-24-21-18-15-12-3/h10-30H2,1-9H3. The van der Waals surface area contributed by atoms with Crippen LogP contribution >= 0.6 is 0 Å². The average molecular weight is 480 g/mol. The van der Waals surface area contributed by atoms with Crippen LogP contribution in [0.2, 0.25) is 0 Å². The van der Waals surface area contributed by atoms with Crippen molar-refractivity contribution in [1.82, 2.24) is 4.90 Å². The fourth-order valence-corrected chi connectivity index (χ4v) is 6.81. The van der Waals surface area contributed by atoms with E-state index in [2.05, 4.69) is 67.2 Å². The van der Waals surface area contributed by atoms with Crippen molar-refractivity contribution in [3.8, 4) is 0 Å². The molecule has 1 nitrogen and oxygen atoms in total. The van der Waals surface area contributed by atoms with E-state index in [1.54, 1.807) is 0 Å². The Kier molecular flexibility index (Phi) is 19.1. The molecule has 0 aliphatic rings. The van der Waals surface area contributed by atoms with Crippen molar-refractivity contribution in [2.45, 2.75) is 214 Å². The van der Waals surface area contributed by atoms with Gasteiger partial charge in [0.1, 0.15) is 0 Å². The molecular weight excluding hydrogens is 410 g/mol. The molecule has 0 heterocycles. The van der Waals surface area contributed by atoms with Gasteiger partial charge in [-0.3, -0.25) is 4.90 Å². The molecule has 206 valence electrons. The summed E-state index contributed by atoms with van der Waals surface area (Å²) in [5, 5.41) is 0. The van der Waals surface area contributed by atoms with E-state index < -0.39 is 0 Å². The third-order valence-corrected chi connectivity index (χ3v) is 8.24. The second kappa shape index (κ2) is 19.1.